The number of halogens is 1. The summed E-state index contributed by atoms with van der Waals surface area (Å²) in [6.45, 7) is 4.27. The standard InChI is InChI=1S/C13H17ClO2/c1-3-12(15)11-6-4-5-7-13(11)16-9-10(2)8-14/h4-8,12,15H,3,9H2,1-2H3/b10-8+/t12-/m1/s1. The van der Waals surface area contributed by atoms with Gasteiger partial charge in [-0.1, -0.05) is 36.7 Å². The molecule has 0 saturated heterocycles. The minimum atomic E-state index is -0.475. The number of rotatable bonds is 5. The highest BCUT2D eigenvalue weighted by molar-refractivity contribution is 6.25. The average molecular weight is 241 g/mol. The summed E-state index contributed by atoms with van der Waals surface area (Å²) in [5, 5.41) is 9.81. The van der Waals surface area contributed by atoms with Crippen molar-refractivity contribution >= 4 is 11.6 Å². The van der Waals surface area contributed by atoms with Crippen LogP contribution in [-0.4, -0.2) is 11.7 Å². The van der Waals surface area contributed by atoms with Crippen LogP contribution >= 0.6 is 11.6 Å². The molecule has 16 heavy (non-hydrogen) atoms. The summed E-state index contributed by atoms with van der Waals surface area (Å²) in [6.07, 6.45) is 0.196. The number of ether oxygens (including phenoxy) is 1. The zero-order valence-corrected chi connectivity index (χ0v) is 10.4. The number of aliphatic hydroxyl groups excluding tert-OH is 1. The second-order valence-corrected chi connectivity index (χ2v) is 3.92. The van der Waals surface area contributed by atoms with Crippen molar-refractivity contribution in [2.45, 2.75) is 26.4 Å². The number of hydrogen-bond acceptors (Lipinski definition) is 2. The first-order valence-electron chi connectivity index (χ1n) is 5.34. The van der Waals surface area contributed by atoms with E-state index in [0.29, 0.717) is 13.0 Å². The largest absolute Gasteiger partial charge is 0.489 e. The Hall–Kier alpha value is -0.990. The van der Waals surface area contributed by atoms with Gasteiger partial charge in [-0.3, -0.25) is 0 Å². The van der Waals surface area contributed by atoms with Gasteiger partial charge in [-0.25, -0.2) is 0 Å². The molecule has 0 aliphatic rings. The van der Waals surface area contributed by atoms with Gasteiger partial charge in [0.2, 0.25) is 0 Å². The fraction of sp³-hybridized carbons (Fsp3) is 0.385. The predicted octanol–water partition coefficient (Wildman–Crippen LogP) is 3.65. The second-order valence-electron chi connectivity index (χ2n) is 3.71. The quantitative estimate of drug-likeness (QED) is 0.851. The summed E-state index contributed by atoms with van der Waals surface area (Å²) in [6, 6.07) is 7.52. The molecule has 0 saturated carbocycles. The molecule has 1 atom stereocenters. The molecule has 0 aromatic heterocycles. The Labute approximate surface area is 102 Å². The Morgan fingerprint density at radius 3 is 2.81 bits per heavy atom. The van der Waals surface area contributed by atoms with E-state index < -0.39 is 6.10 Å². The third-order valence-corrected chi connectivity index (χ3v) is 2.68. The van der Waals surface area contributed by atoms with Crippen molar-refractivity contribution in [3.8, 4) is 5.75 Å². The van der Waals surface area contributed by atoms with E-state index in [1.165, 1.54) is 5.54 Å². The molecule has 2 nitrogen and oxygen atoms in total. The van der Waals surface area contributed by atoms with Gasteiger partial charge in [-0.05, 0) is 25.0 Å². The molecule has 1 aromatic carbocycles. The molecular formula is C13H17ClO2. The summed E-state index contributed by atoms with van der Waals surface area (Å²) in [5.41, 5.74) is 3.27. The molecule has 1 N–H and O–H groups in total. The summed E-state index contributed by atoms with van der Waals surface area (Å²) < 4.78 is 5.60. The Kier molecular flexibility index (Phi) is 5.36. The third-order valence-electron chi connectivity index (χ3n) is 2.31. The molecule has 1 rings (SSSR count). The molecule has 0 unspecified atom stereocenters. The van der Waals surface area contributed by atoms with Gasteiger partial charge in [0.25, 0.3) is 0 Å². The van der Waals surface area contributed by atoms with Gasteiger partial charge in [0.1, 0.15) is 12.4 Å². The Morgan fingerprint density at radius 2 is 2.19 bits per heavy atom. The van der Waals surface area contributed by atoms with Crippen LogP contribution in [-0.2, 0) is 0 Å². The number of benzene rings is 1. The van der Waals surface area contributed by atoms with Crippen molar-refractivity contribution in [1.29, 1.82) is 0 Å². The lowest BCUT2D eigenvalue weighted by atomic mass is 10.1. The van der Waals surface area contributed by atoms with E-state index in [1.54, 1.807) is 0 Å². The van der Waals surface area contributed by atoms with Crippen LogP contribution in [0.5, 0.6) is 5.75 Å². The zero-order chi connectivity index (χ0) is 12.0. The molecule has 0 bridgehead atoms. The van der Waals surface area contributed by atoms with Gasteiger partial charge < -0.3 is 9.84 Å². The minimum Gasteiger partial charge on any atom is -0.489 e. The van der Waals surface area contributed by atoms with Gasteiger partial charge in [-0.2, -0.15) is 0 Å². The fourth-order valence-corrected chi connectivity index (χ4v) is 1.39. The van der Waals surface area contributed by atoms with Crippen LogP contribution in [0.4, 0.5) is 0 Å². The van der Waals surface area contributed by atoms with E-state index in [0.717, 1.165) is 16.9 Å². The molecule has 88 valence electrons. The average Bonchev–Trinajstić information content (AvgIpc) is 2.35. The van der Waals surface area contributed by atoms with Crippen LogP contribution in [0.25, 0.3) is 0 Å². The van der Waals surface area contributed by atoms with E-state index in [1.807, 2.05) is 38.1 Å². The Bertz CT molecular complexity index is 361. The molecule has 0 aliphatic heterocycles. The molecular weight excluding hydrogens is 224 g/mol. The lowest BCUT2D eigenvalue weighted by molar-refractivity contribution is 0.168. The third kappa shape index (κ3) is 3.54. The maximum absolute atomic E-state index is 9.81. The first-order valence-corrected chi connectivity index (χ1v) is 5.78. The van der Waals surface area contributed by atoms with Crippen LogP contribution < -0.4 is 4.74 Å². The molecule has 0 radical (unpaired) electrons. The smallest absolute Gasteiger partial charge is 0.125 e. The lowest BCUT2D eigenvalue weighted by Crippen LogP contribution is -2.04. The SMILES string of the molecule is CC[C@@H](O)c1ccccc1OC/C(C)=C/Cl. The molecule has 0 spiro atoms. The number of aliphatic hydroxyl groups is 1. The first-order chi connectivity index (χ1) is 7.69. The van der Waals surface area contributed by atoms with Crippen molar-refractivity contribution in [3.05, 3.63) is 40.9 Å². The fourth-order valence-electron chi connectivity index (χ4n) is 1.33. The molecule has 0 aliphatic carbocycles. The predicted molar refractivity (Wildman–Crippen MR) is 66.8 cm³/mol. The molecule has 0 amide bonds. The summed E-state index contributed by atoms with van der Waals surface area (Å²) in [4.78, 5) is 0. The summed E-state index contributed by atoms with van der Waals surface area (Å²) in [5.74, 6) is 0.717. The summed E-state index contributed by atoms with van der Waals surface area (Å²) in [7, 11) is 0. The number of hydrogen-bond donors (Lipinski definition) is 1. The van der Waals surface area contributed by atoms with Gasteiger partial charge in [0, 0.05) is 11.1 Å². The highest BCUT2D eigenvalue weighted by Gasteiger charge is 2.10. The van der Waals surface area contributed by atoms with Crippen molar-refractivity contribution in [2.24, 2.45) is 0 Å². The van der Waals surface area contributed by atoms with Gasteiger partial charge in [0.15, 0.2) is 0 Å². The van der Waals surface area contributed by atoms with Crippen LogP contribution in [0.3, 0.4) is 0 Å². The van der Waals surface area contributed by atoms with E-state index in [9.17, 15) is 5.11 Å². The van der Waals surface area contributed by atoms with Gasteiger partial charge in [0.05, 0.1) is 6.10 Å². The zero-order valence-electron chi connectivity index (χ0n) is 9.61. The maximum Gasteiger partial charge on any atom is 0.125 e. The van der Waals surface area contributed by atoms with Crippen LogP contribution in [0.1, 0.15) is 31.9 Å². The minimum absolute atomic E-state index is 0.441. The second kappa shape index (κ2) is 6.56. The van der Waals surface area contributed by atoms with Crippen molar-refractivity contribution in [2.75, 3.05) is 6.61 Å². The van der Waals surface area contributed by atoms with Crippen molar-refractivity contribution in [1.82, 2.24) is 0 Å². The van der Waals surface area contributed by atoms with E-state index in [4.69, 9.17) is 16.3 Å². The first kappa shape index (κ1) is 13.1. The lowest BCUT2D eigenvalue weighted by Gasteiger charge is -2.14. The monoisotopic (exact) mass is 240 g/mol. The van der Waals surface area contributed by atoms with Crippen LogP contribution in [0.2, 0.25) is 0 Å². The van der Waals surface area contributed by atoms with Gasteiger partial charge >= 0.3 is 0 Å². The molecule has 0 fully saturated rings. The van der Waals surface area contributed by atoms with Crippen LogP contribution in [0.15, 0.2) is 35.4 Å². The maximum atomic E-state index is 9.81. The molecule has 3 heteroatoms. The highest BCUT2D eigenvalue weighted by atomic mass is 35.5. The molecule has 1 aromatic rings. The Balaban J connectivity index is 2.79. The van der Waals surface area contributed by atoms with E-state index >= 15 is 0 Å². The summed E-state index contributed by atoms with van der Waals surface area (Å²) >= 11 is 5.56. The van der Waals surface area contributed by atoms with Crippen LogP contribution in [0, 0.1) is 0 Å². The number of para-hydroxylation sites is 1. The molecule has 0 heterocycles. The normalized spacial score (nSPS) is 13.6. The Morgan fingerprint density at radius 1 is 1.50 bits per heavy atom. The topological polar surface area (TPSA) is 29.5 Å². The van der Waals surface area contributed by atoms with Crippen molar-refractivity contribution in [3.63, 3.8) is 0 Å². The highest BCUT2D eigenvalue weighted by Crippen LogP contribution is 2.27. The van der Waals surface area contributed by atoms with E-state index in [-0.39, 0.29) is 0 Å². The van der Waals surface area contributed by atoms with E-state index in [2.05, 4.69) is 0 Å². The van der Waals surface area contributed by atoms with Crippen molar-refractivity contribution < 1.29 is 9.84 Å². The van der Waals surface area contributed by atoms with Gasteiger partial charge in [-0.15, -0.1) is 0 Å².